The fourth-order valence-corrected chi connectivity index (χ4v) is 3.27. The van der Waals surface area contributed by atoms with E-state index >= 15 is 0 Å². The highest BCUT2D eigenvalue weighted by Gasteiger charge is 2.22. The Kier molecular flexibility index (Phi) is 4.86. The van der Waals surface area contributed by atoms with Gasteiger partial charge in [-0.25, -0.2) is 18.3 Å². The van der Waals surface area contributed by atoms with Crippen molar-refractivity contribution < 1.29 is 18.3 Å². The summed E-state index contributed by atoms with van der Waals surface area (Å²) in [7, 11) is 1.41. The molecule has 146 valence electrons. The summed E-state index contributed by atoms with van der Waals surface area (Å²) in [4.78, 5) is 16.3. The van der Waals surface area contributed by atoms with Crippen molar-refractivity contribution in [2.24, 2.45) is 0 Å². The van der Waals surface area contributed by atoms with Crippen LogP contribution in [0.25, 0.3) is 16.8 Å². The number of benzene rings is 1. The van der Waals surface area contributed by atoms with Gasteiger partial charge in [-0.1, -0.05) is 11.6 Å². The summed E-state index contributed by atoms with van der Waals surface area (Å²) < 4.78 is 35.3. The van der Waals surface area contributed by atoms with E-state index in [9.17, 15) is 13.6 Å². The third-order valence-corrected chi connectivity index (χ3v) is 4.80. The minimum absolute atomic E-state index is 0.00818. The SMILES string of the molecule is CNC(=O)c1cc(F)c(F)c(-c2cnn3cc(Cl)c(N[C@H]4CCOC4)nc23)c1. The molecule has 0 bridgehead atoms. The molecule has 2 N–H and O–H groups in total. The van der Waals surface area contributed by atoms with Gasteiger partial charge >= 0.3 is 0 Å². The first-order chi connectivity index (χ1) is 13.5. The smallest absolute Gasteiger partial charge is 0.251 e. The van der Waals surface area contributed by atoms with Crippen LogP contribution in [0, 0.1) is 11.6 Å². The molecule has 1 amide bonds. The summed E-state index contributed by atoms with van der Waals surface area (Å²) in [6.45, 7) is 1.18. The lowest BCUT2D eigenvalue weighted by molar-refractivity contribution is 0.0962. The Hall–Kier alpha value is -2.78. The highest BCUT2D eigenvalue weighted by atomic mass is 35.5. The highest BCUT2D eigenvalue weighted by Crippen LogP contribution is 2.31. The number of carbonyl (C=O) groups excluding carboxylic acids is 1. The Labute approximate surface area is 163 Å². The number of carbonyl (C=O) groups is 1. The molecule has 10 heteroatoms. The molecule has 7 nitrogen and oxygen atoms in total. The van der Waals surface area contributed by atoms with Crippen LogP contribution in [0.2, 0.25) is 5.02 Å². The Balaban J connectivity index is 1.83. The Bertz CT molecular complexity index is 1070. The van der Waals surface area contributed by atoms with Gasteiger partial charge in [0.1, 0.15) is 10.8 Å². The molecule has 2 aromatic heterocycles. The monoisotopic (exact) mass is 407 g/mol. The van der Waals surface area contributed by atoms with Gasteiger partial charge in [0.25, 0.3) is 5.91 Å². The number of rotatable bonds is 4. The molecule has 3 heterocycles. The molecular weight excluding hydrogens is 392 g/mol. The maximum atomic E-state index is 14.5. The van der Waals surface area contributed by atoms with Gasteiger partial charge in [0.2, 0.25) is 0 Å². The fraction of sp³-hybridized carbons (Fsp3) is 0.278. The quantitative estimate of drug-likeness (QED) is 0.695. The van der Waals surface area contributed by atoms with Crippen LogP contribution >= 0.6 is 11.6 Å². The zero-order chi connectivity index (χ0) is 19.8. The summed E-state index contributed by atoms with van der Waals surface area (Å²) in [6, 6.07) is 2.17. The van der Waals surface area contributed by atoms with Crippen LogP contribution in [0.1, 0.15) is 16.8 Å². The molecule has 0 unspecified atom stereocenters. The molecule has 0 radical (unpaired) electrons. The van der Waals surface area contributed by atoms with E-state index in [1.165, 1.54) is 30.0 Å². The van der Waals surface area contributed by atoms with E-state index in [4.69, 9.17) is 16.3 Å². The van der Waals surface area contributed by atoms with Gasteiger partial charge in [-0.2, -0.15) is 5.10 Å². The van der Waals surface area contributed by atoms with Crippen molar-refractivity contribution in [3.8, 4) is 11.1 Å². The van der Waals surface area contributed by atoms with Crippen LogP contribution in [0.15, 0.2) is 24.5 Å². The van der Waals surface area contributed by atoms with Gasteiger partial charge in [0.05, 0.1) is 25.0 Å². The van der Waals surface area contributed by atoms with Crippen LogP contribution in [-0.2, 0) is 4.74 Å². The molecule has 1 aliphatic heterocycles. The van der Waals surface area contributed by atoms with Crippen LogP contribution < -0.4 is 10.6 Å². The number of hydrogen-bond acceptors (Lipinski definition) is 5. The van der Waals surface area contributed by atoms with Crippen molar-refractivity contribution in [3.63, 3.8) is 0 Å². The molecule has 0 saturated carbocycles. The topological polar surface area (TPSA) is 80.6 Å². The van der Waals surface area contributed by atoms with E-state index in [0.29, 0.717) is 24.1 Å². The van der Waals surface area contributed by atoms with Crippen molar-refractivity contribution in [2.75, 3.05) is 25.6 Å². The minimum atomic E-state index is -1.13. The maximum Gasteiger partial charge on any atom is 0.251 e. The zero-order valence-corrected chi connectivity index (χ0v) is 15.6. The van der Waals surface area contributed by atoms with E-state index < -0.39 is 17.5 Å². The van der Waals surface area contributed by atoms with Gasteiger partial charge < -0.3 is 15.4 Å². The molecule has 3 aromatic rings. The second-order valence-corrected chi connectivity index (χ2v) is 6.77. The minimum Gasteiger partial charge on any atom is -0.379 e. The number of nitrogens with one attached hydrogen (secondary N) is 2. The third-order valence-electron chi connectivity index (χ3n) is 4.53. The summed E-state index contributed by atoms with van der Waals surface area (Å²) in [5.74, 6) is -2.35. The summed E-state index contributed by atoms with van der Waals surface area (Å²) in [5.41, 5.74) is 0.396. The second kappa shape index (κ2) is 7.33. The first-order valence-corrected chi connectivity index (χ1v) is 8.95. The van der Waals surface area contributed by atoms with Gasteiger partial charge in [0.15, 0.2) is 17.3 Å². The van der Waals surface area contributed by atoms with Crippen LogP contribution in [-0.4, -0.2) is 46.8 Å². The molecule has 1 saturated heterocycles. The first-order valence-electron chi connectivity index (χ1n) is 8.57. The molecule has 4 rings (SSSR count). The molecular formula is C18H16ClF2N5O2. The number of fused-ring (bicyclic) bond motifs is 1. The molecule has 0 spiro atoms. The van der Waals surface area contributed by atoms with Crippen LogP contribution in [0.4, 0.5) is 14.6 Å². The number of ether oxygens (including phenoxy) is 1. The summed E-state index contributed by atoms with van der Waals surface area (Å²) >= 11 is 6.27. The third kappa shape index (κ3) is 3.27. The lowest BCUT2D eigenvalue weighted by atomic mass is 10.0. The number of anilines is 1. The number of amides is 1. The van der Waals surface area contributed by atoms with Crippen molar-refractivity contribution >= 4 is 29.0 Å². The Morgan fingerprint density at radius 3 is 2.89 bits per heavy atom. The van der Waals surface area contributed by atoms with Crippen molar-refractivity contribution in [1.29, 1.82) is 0 Å². The Morgan fingerprint density at radius 1 is 1.36 bits per heavy atom. The zero-order valence-electron chi connectivity index (χ0n) is 14.8. The lowest BCUT2D eigenvalue weighted by Crippen LogP contribution is -2.20. The summed E-state index contributed by atoms with van der Waals surface area (Å²) in [5, 5.41) is 10.0. The van der Waals surface area contributed by atoms with Crippen LogP contribution in [0.5, 0.6) is 0 Å². The van der Waals surface area contributed by atoms with Gasteiger partial charge in [0, 0.05) is 30.3 Å². The van der Waals surface area contributed by atoms with Crippen molar-refractivity contribution in [1.82, 2.24) is 19.9 Å². The van der Waals surface area contributed by atoms with Gasteiger partial charge in [-0.3, -0.25) is 4.79 Å². The number of aromatic nitrogens is 3. The number of nitrogens with zero attached hydrogens (tertiary/aromatic N) is 3. The van der Waals surface area contributed by atoms with E-state index in [0.717, 1.165) is 12.5 Å². The standard InChI is InChI=1S/C18H16ClF2N5O2/c1-22-18(27)9-4-11(15(21)14(20)5-9)12-6-23-26-7-13(19)16(25-17(12)26)24-10-2-3-28-8-10/h4-7,10H,2-3,8H2,1H3,(H,22,27)(H,24,25)/t10-/m0/s1. The average molecular weight is 408 g/mol. The predicted octanol–water partition coefficient (Wildman–Crippen LogP) is 2.89. The van der Waals surface area contributed by atoms with E-state index in [1.54, 1.807) is 0 Å². The molecule has 0 aliphatic carbocycles. The lowest BCUT2D eigenvalue weighted by Gasteiger charge is -2.13. The van der Waals surface area contributed by atoms with Crippen molar-refractivity contribution in [3.05, 3.63) is 46.7 Å². The molecule has 1 fully saturated rings. The normalized spacial score (nSPS) is 16.5. The van der Waals surface area contributed by atoms with E-state index in [-0.39, 0.29) is 28.4 Å². The Morgan fingerprint density at radius 2 is 2.18 bits per heavy atom. The average Bonchev–Trinajstić information content (AvgIpc) is 3.33. The highest BCUT2D eigenvalue weighted by molar-refractivity contribution is 6.32. The molecule has 1 atom stereocenters. The van der Waals surface area contributed by atoms with Crippen LogP contribution in [0.3, 0.4) is 0 Å². The second-order valence-electron chi connectivity index (χ2n) is 6.37. The predicted molar refractivity (Wildman–Crippen MR) is 99.6 cm³/mol. The molecule has 1 aromatic carbocycles. The van der Waals surface area contributed by atoms with Crippen molar-refractivity contribution in [2.45, 2.75) is 12.5 Å². The maximum absolute atomic E-state index is 14.5. The number of hydrogen-bond donors (Lipinski definition) is 2. The van der Waals surface area contributed by atoms with Gasteiger partial charge in [-0.15, -0.1) is 0 Å². The number of halogens is 3. The molecule has 1 aliphatic rings. The fourth-order valence-electron chi connectivity index (χ4n) is 3.08. The first kappa shape index (κ1) is 18.6. The van der Waals surface area contributed by atoms with E-state index in [2.05, 4.69) is 20.7 Å². The molecule has 28 heavy (non-hydrogen) atoms. The van der Waals surface area contributed by atoms with E-state index in [1.807, 2.05) is 0 Å². The largest absolute Gasteiger partial charge is 0.379 e. The van der Waals surface area contributed by atoms with Gasteiger partial charge in [-0.05, 0) is 18.6 Å². The summed E-state index contributed by atoms with van der Waals surface area (Å²) in [6.07, 6.45) is 3.69.